The molecule has 1 N–H and O–H groups in total. The van der Waals surface area contributed by atoms with Crippen molar-refractivity contribution >= 4 is 5.69 Å². The molecule has 1 fully saturated rings. The summed E-state index contributed by atoms with van der Waals surface area (Å²) in [5.41, 5.74) is 2.58. The highest BCUT2D eigenvalue weighted by Crippen LogP contribution is 2.12. The first-order chi connectivity index (χ1) is 7.88. The number of anilines is 1. The van der Waals surface area contributed by atoms with Crippen molar-refractivity contribution in [2.75, 3.05) is 38.2 Å². The van der Waals surface area contributed by atoms with E-state index in [1.165, 1.54) is 11.3 Å². The lowest BCUT2D eigenvalue weighted by Gasteiger charge is -2.26. The van der Waals surface area contributed by atoms with Crippen molar-refractivity contribution in [3.8, 4) is 0 Å². The average Bonchev–Trinajstić information content (AvgIpc) is 2.33. The van der Waals surface area contributed by atoms with E-state index in [2.05, 4.69) is 41.4 Å². The largest absolute Gasteiger partial charge is 0.385 e. The molecule has 88 valence electrons. The highest BCUT2D eigenvalue weighted by Gasteiger charge is 2.10. The van der Waals surface area contributed by atoms with Crippen LogP contribution in [0.15, 0.2) is 24.3 Å². The second-order valence-electron chi connectivity index (χ2n) is 4.12. The van der Waals surface area contributed by atoms with Gasteiger partial charge in [0.25, 0.3) is 0 Å². The molecule has 0 unspecified atom stereocenters. The number of ether oxygens (including phenoxy) is 1. The Morgan fingerprint density at radius 1 is 1.19 bits per heavy atom. The fourth-order valence-electron chi connectivity index (χ4n) is 1.95. The molecule has 0 atom stereocenters. The molecule has 16 heavy (non-hydrogen) atoms. The first-order valence-electron chi connectivity index (χ1n) is 6.01. The van der Waals surface area contributed by atoms with Crippen molar-refractivity contribution < 1.29 is 4.74 Å². The second kappa shape index (κ2) is 5.87. The van der Waals surface area contributed by atoms with Gasteiger partial charge in [0.1, 0.15) is 0 Å². The van der Waals surface area contributed by atoms with E-state index in [4.69, 9.17) is 4.74 Å². The van der Waals surface area contributed by atoms with Crippen LogP contribution >= 0.6 is 0 Å². The van der Waals surface area contributed by atoms with Crippen LogP contribution in [0.4, 0.5) is 5.69 Å². The van der Waals surface area contributed by atoms with Crippen LogP contribution in [0.3, 0.4) is 0 Å². The average molecular weight is 220 g/mol. The van der Waals surface area contributed by atoms with E-state index in [0.29, 0.717) is 0 Å². The van der Waals surface area contributed by atoms with Crippen molar-refractivity contribution in [1.82, 2.24) is 4.90 Å². The number of hydrogen-bond acceptors (Lipinski definition) is 3. The maximum Gasteiger partial charge on any atom is 0.0594 e. The van der Waals surface area contributed by atoms with Gasteiger partial charge in [0.2, 0.25) is 0 Å². The summed E-state index contributed by atoms with van der Waals surface area (Å²) in [5.74, 6) is 0. The summed E-state index contributed by atoms with van der Waals surface area (Å²) in [4.78, 5) is 2.44. The number of benzene rings is 1. The monoisotopic (exact) mass is 220 g/mol. The van der Waals surface area contributed by atoms with Crippen molar-refractivity contribution in [2.24, 2.45) is 0 Å². The molecule has 1 aliphatic rings. The minimum atomic E-state index is 0.871. The molecule has 0 saturated carbocycles. The van der Waals surface area contributed by atoms with E-state index < -0.39 is 0 Å². The molecule has 1 aromatic rings. The van der Waals surface area contributed by atoms with Gasteiger partial charge < -0.3 is 10.1 Å². The molecule has 1 aromatic carbocycles. The summed E-state index contributed by atoms with van der Waals surface area (Å²) < 4.78 is 5.34. The van der Waals surface area contributed by atoms with Gasteiger partial charge in [-0.2, -0.15) is 0 Å². The third-order valence-electron chi connectivity index (χ3n) is 2.84. The Morgan fingerprint density at radius 2 is 1.88 bits per heavy atom. The maximum atomic E-state index is 5.34. The van der Waals surface area contributed by atoms with Gasteiger partial charge in [-0.1, -0.05) is 12.1 Å². The first kappa shape index (κ1) is 11.4. The third-order valence-corrected chi connectivity index (χ3v) is 2.84. The van der Waals surface area contributed by atoms with E-state index in [1.54, 1.807) is 0 Å². The van der Waals surface area contributed by atoms with Crippen molar-refractivity contribution in [3.05, 3.63) is 29.8 Å². The molecule has 0 amide bonds. The molecule has 2 rings (SSSR count). The van der Waals surface area contributed by atoms with Crippen LogP contribution in [-0.4, -0.2) is 37.7 Å². The van der Waals surface area contributed by atoms with Crippen LogP contribution in [0.2, 0.25) is 0 Å². The fraction of sp³-hybridized carbons (Fsp3) is 0.538. The summed E-state index contributed by atoms with van der Waals surface area (Å²) in [6.45, 7) is 7.97. The third kappa shape index (κ3) is 3.22. The summed E-state index contributed by atoms with van der Waals surface area (Å²) in [6.07, 6.45) is 0. The zero-order valence-electron chi connectivity index (χ0n) is 9.91. The number of rotatable bonds is 4. The van der Waals surface area contributed by atoms with Crippen LogP contribution in [0.25, 0.3) is 0 Å². The number of hydrogen-bond donors (Lipinski definition) is 1. The lowest BCUT2D eigenvalue weighted by atomic mass is 10.2. The van der Waals surface area contributed by atoms with E-state index in [0.717, 1.165) is 39.4 Å². The Labute approximate surface area is 97.4 Å². The smallest absolute Gasteiger partial charge is 0.0594 e. The molecule has 0 radical (unpaired) electrons. The molecule has 0 bridgehead atoms. The standard InChI is InChI=1S/C13H20N2O/c1-2-14-13-5-3-12(4-6-13)11-15-7-9-16-10-8-15/h3-6,14H,2,7-11H2,1H3. The lowest BCUT2D eigenvalue weighted by molar-refractivity contribution is 0.0342. The SMILES string of the molecule is CCNc1ccc(CN2CCOCC2)cc1. The van der Waals surface area contributed by atoms with Crippen LogP contribution in [0, 0.1) is 0 Å². The maximum absolute atomic E-state index is 5.34. The fourth-order valence-corrected chi connectivity index (χ4v) is 1.95. The van der Waals surface area contributed by atoms with Crippen molar-refractivity contribution in [2.45, 2.75) is 13.5 Å². The first-order valence-corrected chi connectivity index (χ1v) is 6.01. The second-order valence-corrected chi connectivity index (χ2v) is 4.12. The summed E-state index contributed by atoms with van der Waals surface area (Å²) in [7, 11) is 0. The van der Waals surface area contributed by atoms with Crippen molar-refractivity contribution in [3.63, 3.8) is 0 Å². The van der Waals surface area contributed by atoms with E-state index in [1.807, 2.05) is 0 Å². The topological polar surface area (TPSA) is 24.5 Å². The van der Waals surface area contributed by atoms with Crippen LogP contribution in [0.1, 0.15) is 12.5 Å². The van der Waals surface area contributed by atoms with Gasteiger partial charge in [-0.05, 0) is 24.6 Å². The van der Waals surface area contributed by atoms with Crippen molar-refractivity contribution in [1.29, 1.82) is 0 Å². The van der Waals surface area contributed by atoms with Crippen LogP contribution < -0.4 is 5.32 Å². The van der Waals surface area contributed by atoms with Crippen LogP contribution in [-0.2, 0) is 11.3 Å². The normalized spacial score (nSPS) is 17.3. The summed E-state index contributed by atoms with van der Waals surface area (Å²) in [6, 6.07) is 8.71. The summed E-state index contributed by atoms with van der Waals surface area (Å²) >= 11 is 0. The molecule has 1 heterocycles. The molecular formula is C13H20N2O. The molecule has 0 spiro atoms. The van der Waals surface area contributed by atoms with E-state index in [-0.39, 0.29) is 0 Å². The zero-order valence-corrected chi connectivity index (χ0v) is 9.91. The molecule has 0 aliphatic carbocycles. The van der Waals surface area contributed by atoms with E-state index >= 15 is 0 Å². The van der Waals surface area contributed by atoms with Gasteiger partial charge in [0.15, 0.2) is 0 Å². The number of morpholine rings is 1. The van der Waals surface area contributed by atoms with Gasteiger partial charge in [-0.25, -0.2) is 0 Å². The molecule has 1 saturated heterocycles. The Bertz CT molecular complexity index is 304. The highest BCUT2D eigenvalue weighted by atomic mass is 16.5. The van der Waals surface area contributed by atoms with E-state index in [9.17, 15) is 0 Å². The Balaban J connectivity index is 1.88. The highest BCUT2D eigenvalue weighted by molar-refractivity contribution is 5.44. The van der Waals surface area contributed by atoms with Gasteiger partial charge in [0, 0.05) is 31.9 Å². The minimum absolute atomic E-state index is 0.871. The lowest BCUT2D eigenvalue weighted by Crippen LogP contribution is -2.35. The molecule has 3 heteroatoms. The van der Waals surface area contributed by atoms with Gasteiger partial charge in [-0.15, -0.1) is 0 Å². The molecular weight excluding hydrogens is 200 g/mol. The molecule has 1 aliphatic heterocycles. The Morgan fingerprint density at radius 3 is 2.50 bits per heavy atom. The molecule has 3 nitrogen and oxygen atoms in total. The Kier molecular flexibility index (Phi) is 4.19. The Hall–Kier alpha value is -1.06. The summed E-state index contributed by atoms with van der Waals surface area (Å²) in [5, 5.41) is 3.30. The quantitative estimate of drug-likeness (QED) is 0.839. The van der Waals surface area contributed by atoms with Crippen LogP contribution in [0.5, 0.6) is 0 Å². The number of nitrogens with one attached hydrogen (secondary N) is 1. The minimum Gasteiger partial charge on any atom is -0.385 e. The van der Waals surface area contributed by atoms with Gasteiger partial charge >= 0.3 is 0 Å². The zero-order chi connectivity index (χ0) is 11.2. The molecule has 0 aromatic heterocycles. The van der Waals surface area contributed by atoms with Gasteiger partial charge in [0.05, 0.1) is 13.2 Å². The van der Waals surface area contributed by atoms with Gasteiger partial charge in [-0.3, -0.25) is 4.90 Å². The predicted octanol–water partition coefficient (Wildman–Crippen LogP) is 1.95. The predicted molar refractivity (Wildman–Crippen MR) is 66.7 cm³/mol. The number of nitrogens with zero attached hydrogens (tertiary/aromatic N) is 1.